The third kappa shape index (κ3) is 8.71. The van der Waals surface area contributed by atoms with Gasteiger partial charge >= 0.3 is 0 Å². The van der Waals surface area contributed by atoms with Crippen molar-refractivity contribution >= 4 is 27.5 Å². The number of hydrogen-bond donors (Lipinski definition) is 1. The zero-order valence-electron chi connectivity index (χ0n) is 22.7. The number of carbonyl (C=O) groups excluding carboxylic acids is 1. The van der Waals surface area contributed by atoms with Gasteiger partial charge in [-0.25, -0.2) is 0 Å². The van der Waals surface area contributed by atoms with Crippen LogP contribution in [0.5, 0.6) is 5.75 Å². The van der Waals surface area contributed by atoms with Crippen LogP contribution in [0.25, 0.3) is 0 Å². The Labute approximate surface area is 236 Å². The lowest BCUT2D eigenvalue weighted by Gasteiger charge is -2.32. The van der Waals surface area contributed by atoms with Gasteiger partial charge < -0.3 is 15.0 Å². The van der Waals surface area contributed by atoms with E-state index in [-0.39, 0.29) is 17.9 Å². The Balaban J connectivity index is 1.19. The van der Waals surface area contributed by atoms with Gasteiger partial charge in [0.2, 0.25) is 5.91 Å². The van der Waals surface area contributed by atoms with Crippen molar-refractivity contribution in [3.8, 4) is 5.75 Å². The number of halogens is 1. The average molecular weight is 578 g/mol. The number of amides is 1. The molecule has 1 fully saturated rings. The summed E-state index contributed by atoms with van der Waals surface area (Å²) in [6, 6.07) is 27.1. The molecule has 3 aromatic carbocycles. The number of ether oxygens (including phenoxy) is 1. The molecule has 1 aliphatic rings. The van der Waals surface area contributed by atoms with Crippen LogP contribution in [0, 0.1) is 5.92 Å². The third-order valence-electron chi connectivity index (χ3n) is 7.44. The summed E-state index contributed by atoms with van der Waals surface area (Å²) < 4.78 is 7.46. The first kappa shape index (κ1) is 28.4. The Kier molecular flexibility index (Phi) is 10.8. The normalized spacial score (nSPS) is 15.4. The van der Waals surface area contributed by atoms with Crippen molar-refractivity contribution in [3.63, 3.8) is 0 Å². The molecule has 1 atom stereocenters. The maximum absolute atomic E-state index is 12.1. The first-order chi connectivity index (χ1) is 18.5. The van der Waals surface area contributed by atoms with Crippen LogP contribution < -0.4 is 10.1 Å². The molecule has 3 aromatic rings. The summed E-state index contributed by atoms with van der Waals surface area (Å²) in [6.45, 7) is 7.31. The summed E-state index contributed by atoms with van der Waals surface area (Å²) in [7, 11) is 0. The van der Waals surface area contributed by atoms with Gasteiger partial charge in [0, 0.05) is 16.1 Å². The van der Waals surface area contributed by atoms with Gasteiger partial charge in [-0.15, -0.1) is 0 Å². The second-order valence-electron chi connectivity index (χ2n) is 10.7. The van der Waals surface area contributed by atoms with E-state index in [0.29, 0.717) is 5.92 Å². The van der Waals surface area contributed by atoms with Crippen LogP contribution in [0.3, 0.4) is 0 Å². The van der Waals surface area contributed by atoms with Crippen LogP contribution in [0.1, 0.15) is 75.5 Å². The molecule has 0 radical (unpaired) electrons. The van der Waals surface area contributed by atoms with Crippen LogP contribution >= 0.6 is 15.9 Å². The van der Waals surface area contributed by atoms with Crippen LogP contribution in [0.15, 0.2) is 83.3 Å². The molecule has 4 nitrogen and oxygen atoms in total. The lowest BCUT2D eigenvalue weighted by molar-refractivity contribution is -0.118. The number of nitrogens with one attached hydrogen (secondary N) is 1. The number of piperidine rings is 1. The smallest absolute Gasteiger partial charge is 0.226 e. The Hall–Kier alpha value is -2.63. The Bertz CT molecular complexity index is 1130. The molecule has 38 heavy (non-hydrogen) atoms. The molecule has 202 valence electrons. The number of carbonyl (C=O) groups is 1. The predicted octanol–water partition coefficient (Wildman–Crippen LogP) is 8.60. The van der Waals surface area contributed by atoms with Crippen LogP contribution in [0.2, 0.25) is 0 Å². The molecule has 5 heteroatoms. The van der Waals surface area contributed by atoms with Crippen molar-refractivity contribution < 1.29 is 9.53 Å². The highest BCUT2D eigenvalue weighted by Crippen LogP contribution is 2.31. The quantitative estimate of drug-likeness (QED) is 0.219. The molecule has 0 spiro atoms. The SMILES string of the molecule is CC(C)C(=O)Nc1cccc(C2CCN(CCCCCC(Oc3ccc(Br)cc3)c3ccccc3)CC2)c1. The fourth-order valence-corrected chi connectivity index (χ4v) is 5.39. The van der Waals surface area contributed by atoms with Gasteiger partial charge in [0.1, 0.15) is 11.9 Å². The number of likely N-dealkylation sites (tertiary alicyclic amines) is 1. The highest BCUT2D eigenvalue weighted by Gasteiger charge is 2.21. The van der Waals surface area contributed by atoms with E-state index in [0.717, 1.165) is 41.8 Å². The largest absolute Gasteiger partial charge is 0.486 e. The van der Waals surface area contributed by atoms with Crippen molar-refractivity contribution in [2.45, 2.75) is 64.4 Å². The van der Waals surface area contributed by atoms with E-state index >= 15 is 0 Å². The van der Waals surface area contributed by atoms with Crippen LogP contribution in [-0.2, 0) is 4.79 Å². The van der Waals surface area contributed by atoms with Crippen molar-refractivity contribution in [1.29, 1.82) is 0 Å². The van der Waals surface area contributed by atoms with E-state index in [4.69, 9.17) is 4.74 Å². The molecule has 1 saturated heterocycles. The van der Waals surface area contributed by atoms with Gasteiger partial charge in [0.25, 0.3) is 0 Å². The maximum atomic E-state index is 12.1. The zero-order chi connectivity index (χ0) is 26.7. The van der Waals surface area contributed by atoms with Crippen molar-refractivity contribution in [1.82, 2.24) is 4.90 Å². The van der Waals surface area contributed by atoms with Gasteiger partial charge in [-0.1, -0.05) is 78.7 Å². The first-order valence-electron chi connectivity index (χ1n) is 14.1. The van der Waals surface area contributed by atoms with Gasteiger partial charge in [0.05, 0.1) is 0 Å². The Morgan fingerprint density at radius 2 is 1.68 bits per heavy atom. The lowest BCUT2D eigenvalue weighted by Crippen LogP contribution is -2.33. The molecule has 1 heterocycles. The van der Waals surface area contributed by atoms with E-state index in [1.807, 2.05) is 44.2 Å². The minimum Gasteiger partial charge on any atom is -0.486 e. The summed E-state index contributed by atoms with van der Waals surface area (Å²) in [5.74, 6) is 1.56. The van der Waals surface area contributed by atoms with Gasteiger partial charge in [-0.2, -0.15) is 0 Å². The average Bonchev–Trinajstić information content (AvgIpc) is 2.94. The first-order valence-corrected chi connectivity index (χ1v) is 14.9. The maximum Gasteiger partial charge on any atom is 0.226 e. The molecule has 1 N–H and O–H groups in total. The monoisotopic (exact) mass is 576 g/mol. The summed E-state index contributed by atoms with van der Waals surface area (Å²) in [4.78, 5) is 14.7. The molecule has 1 amide bonds. The van der Waals surface area contributed by atoms with Gasteiger partial charge in [0.15, 0.2) is 0 Å². The second-order valence-corrected chi connectivity index (χ2v) is 11.6. The lowest BCUT2D eigenvalue weighted by atomic mass is 9.89. The number of rotatable bonds is 12. The molecular weight excluding hydrogens is 536 g/mol. The standard InChI is InChI=1S/C33H41BrN2O2/c1-25(2)33(37)35-30-13-9-12-28(24-30)26-19-22-36(23-20-26)21-8-4-7-14-32(27-10-5-3-6-11-27)38-31-17-15-29(34)16-18-31/h3,5-6,9-13,15-18,24-26,32H,4,7-8,14,19-23H2,1-2H3,(H,35,37). The molecule has 1 aliphatic heterocycles. The van der Waals surface area contributed by atoms with Crippen LogP contribution in [0.4, 0.5) is 5.69 Å². The Morgan fingerprint density at radius 1 is 0.947 bits per heavy atom. The molecule has 0 aliphatic carbocycles. The fraction of sp³-hybridized carbons (Fsp3) is 0.424. The molecule has 1 unspecified atom stereocenters. The number of anilines is 1. The highest BCUT2D eigenvalue weighted by molar-refractivity contribution is 9.10. The summed E-state index contributed by atoms with van der Waals surface area (Å²) in [6.07, 6.45) is 7.05. The van der Waals surface area contributed by atoms with E-state index in [2.05, 4.69) is 74.7 Å². The van der Waals surface area contributed by atoms with E-state index in [9.17, 15) is 4.79 Å². The topological polar surface area (TPSA) is 41.6 Å². The molecule has 0 saturated carbocycles. The van der Waals surface area contributed by atoms with Crippen molar-refractivity contribution in [3.05, 3.63) is 94.5 Å². The molecule has 0 aromatic heterocycles. The minimum absolute atomic E-state index is 0.00911. The second kappa shape index (κ2) is 14.5. The summed E-state index contributed by atoms with van der Waals surface area (Å²) in [5, 5.41) is 3.04. The van der Waals surface area contributed by atoms with Crippen molar-refractivity contribution in [2.75, 3.05) is 25.0 Å². The number of benzene rings is 3. The summed E-state index contributed by atoms with van der Waals surface area (Å²) in [5.41, 5.74) is 3.51. The molecule has 4 rings (SSSR count). The third-order valence-corrected chi connectivity index (χ3v) is 7.97. The van der Waals surface area contributed by atoms with Crippen molar-refractivity contribution in [2.24, 2.45) is 5.92 Å². The number of hydrogen-bond acceptors (Lipinski definition) is 3. The molecule has 0 bridgehead atoms. The van der Waals surface area contributed by atoms with E-state index < -0.39 is 0 Å². The van der Waals surface area contributed by atoms with E-state index in [1.165, 1.54) is 43.4 Å². The number of nitrogens with zero attached hydrogens (tertiary/aromatic N) is 1. The van der Waals surface area contributed by atoms with E-state index in [1.54, 1.807) is 0 Å². The molecular formula is C33H41BrN2O2. The van der Waals surface area contributed by atoms with Gasteiger partial charge in [-0.3, -0.25) is 4.79 Å². The fourth-order valence-electron chi connectivity index (χ4n) is 5.13. The Morgan fingerprint density at radius 3 is 2.39 bits per heavy atom. The summed E-state index contributed by atoms with van der Waals surface area (Å²) >= 11 is 3.51. The predicted molar refractivity (Wildman–Crippen MR) is 161 cm³/mol. The zero-order valence-corrected chi connectivity index (χ0v) is 24.3. The number of unbranched alkanes of at least 4 members (excludes halogenated alkanes) is 2. The highest BCUT2D eigenvalue weighted by atomic mass is 79.9. The van der Waals surface area contributed by atoms with Crippen LogP contribution in [-0.4, -0.2) is 30.4 Å². The van der Waals surface area contributed by atoms with Gasteiger partial charge in [-0.05, 0) is 105 Å². The minimum atomic E-state index is -0.00911.